The van der Waals surface area contributed by atoms with Gasteiger partial charge in [0.25, 0.3) is 0 Å². The number of para-hydroxylation sites is 1. The van der Waals surface area contributed by atoms with E-state index in [1.165, 1.54) is 59.2 Å². The van der Waals surface area contributed by atoms with Crippen molar-refractivity contribution in [3.63, 3.8) is 0 Å². The number of aromatic nitrogens is 2. The van der Waals surface area contributed by atoms with E-state index < -0.39 is 5.82 Å². The van der Waals surface area contributed by atoms with Gasteiger partial charge in [0.05, 0.1) is 28.3 Å². The van der Waals surface area contributed by atoms with Crippen LogP contribution in [-0.4, -0.2) is 28.0 Å². The second-order valence-electron chi connectivity index (χ2n) is 5.77. The molecule has 3 aromatic rings. The summed E-state index contributed by atoms with van der Waals surface area (Å²) in [6.45, 7) is 1.34. The van der Waals surface area contributed by atoms with Crippen molar-refractivity contribution in [1.82, 2.24) is 9.97 Å². The number of carbonyl (C=O) groups is 2. The van der Waals surface area contributed by atoms with Crippen LogP contribution in [0.5, 0.6) is 0 Å². The summed E-state index contributed by atoms with van der Waals surface area (Å²) < 4.78 is 14.1. The number of thioether (sulfide) groups is 1. The molecule has 1 N–H and O–H groups in total. The Kier molecular flexibility index (Phi) is 6.73. The van der Waals surface area contributed by atoms with Crippen LogP contribution in [0.25, 0.3) is 6.08 Å². The molecule has 0 fully saturated rings. The molecule has 0 bridgehead atoms. The molecular weight excluding hydrogens is 411 g/mol. The minimum absolute atomic E-state index is 0.129. The highest BCUT2D eigenvalue weighted by Crippen LogP contribution is 2.31. The lowest BCUT2D eigenvalue weighted by Gasteiger charge is -2.18. The summed E-state index contributed by atoms with van der Waals surface area (Å²) in [6.07, 6.45) is 6.36. The Hall–Kier alpha value is -3.04. The van der Waals surface area contributed by atoms with Crippen LogP contribution in [-0.2, 0) is 9.59 Å². The van der Waals surface area contributed by atoms with Crippen molar-refractivity contribution in [3.8, 4) is 0 Å². The number of thiazole rings is 1. The van der Waals surface area contributed by atoms with Crippen molar-refractivity contribution in [1.29, 1.82) is 0 Å². The number of benzene rings is 1. The van der Waals surface area contributed by atoms with Gasteiger partial charge >= 0.3 is 0 Å². The summed E-state index contributed by atoms with van der Waals surface area (Å²) in [4.78, 5) is 33.9. The van der Waals surface area contributed by atoms with Gasteiger partial charge in [0.2, 0.25) is 11.8 Å². The van der Waals surface area contributed by atoms with E-state index in [0.717, 1.165) is 5.03 Å². The van der Waals surface area contributed by atoms with Crippen molar-refractivity contribution in [2.75, 3.05) is 16.5 Å². The summed E-state index contributed by atoms with van der Waals surface area (Å²) in [5.74, 6) is -1.22. The first-order valence-electron chi connectivity index (χ1n) is 8.48. The summed E-state index contributed by atoms with van der Waals surface area (Å²) in [7, 11) is 0. The molecule has 2 amide bonds. The van der Waals surface area contributed by atoms with Gasteiger partial charge in [0.1, 0.15) is 5.82 Å². The average Bonchev–Trinajstić information content (AvgIpc) is 3.17. The molecule has 29 heavy (non-hydrogen) atoms. The number of carbonyl (C=O) groups excluding carboxylic acids is 2. The van der Waals surface area contributed by atoms with Crippen molar-refractivity contribution >= 4 is 57.5 Å². The van der Waals surface area contributed by atoms with Crippen LogP contribution in [0, 0.1) is 5.82 Å². The van der Waals surface area contributed by atoms with E-state index in [1.807, 2.05) is 12.3 Å². The van der Waals surface area contributed by atoms with Gasteiger partial charge in [-0.25, -0.2) is 14.4 Å². The van der Waals surface area contributed by atoms with E-state index in [-0.39, 0.29) is 17.5 Å². The molecule has 9 heteroatoms. The SMILES string of the molecule is CSc1ccc(NC(=O)/C=C/c2csc(N(C(C)=O)c3ccccc3F)n2)cn1. The van der Waals surface area contributed by atoms with E-state index in [2.05, 4.69) is 15.3 Å². The normalized spacial score (nSPS) is 10.9. The maximum absolute atomic E-state index is 14.1. The van der Waals surface area contributed by atoms with Gasteiger partial charge in [-0.1, -0.05) is 12.1 Å². The first-order valence-corrected chi connectivity index (χ1v) is 10.6. The standard InChI is InChI=1S/C20H17FN4O2S2/c1-13(26)25(17-6-4-3-5-16(17)21)20-24-15(12-29-20)7-9-18(27)23-14-8-10-19(28-2)22-11-14/h3-12H,1-2H3,(H,23,27)/b9-7+. The lowest BCUT2D eigenvalue weighted by Crippen LogP contribution is -2.23. The van der Waals surface area contributed by atoms with E-state index in [9.17, 15) is 14.0 Å². The zero-order valence-corrected chi connectivity index (χ0v) is 17.3. The number of rotatable bonds is 6. The molecule has 0 spiro atoms. The number of halogens is 1. The van der Waals surface area contributed by atoms with Crippen LogP contribution in [0.2, 0.25) is 0 Å². The smallest absolute Gasteiger partial charge is 0.248 e. The molecule has 0 aliphatic rings. The highest BCUT2D eigenvalue weighted by Gasteiger charge is 2.20. The number of nitrogens with one attached hydrogen (secondary N) is 1. The van der Waals surface area contributed by atoms with Crippen LogP contribution in [0.15, 0.2) is 59.1 Å². The Morgan fingerprint density at radius 1 is 1.24 bits per heavy atom. The Morgan fingerprint density at radius 3 is 2.69 bits per heavy atom. The van der Waals surface area contributed by atoms with Gasteiger partial charge in [-0.15, -0.1) is 23.1 Å². The van der Waals surface area contributed by atoms with E-state index in [4.69, 9.17) is 0 Å². The molecule has 6 nitrogen and oxygen atoms in total. The number of hydrogen-bond donors (Lipinski definition) is 1. The van der Waals surface area contributed by atoms with Crippen LogP contribution in [0.3, 0.4) is 0 Å². The maximum Gasteiger partial charge on any atom is 0.248 e. The lowest BCUT2D eigenvalue weighted by atomic mass is 10.3. The van der Waals surface area contributed by atoms with Gasteiger partial charge in [-0.2, -0.15) is 0 Å². The van der Waals surface area contributed by atoms with E-state index >= 15 is 0 Å². The molecule has 0 unspecified atom stereocenters. The summed E-state index contributed by atoms with van der Waals surface area (Å²) in [6, 6.07) is 9.58. The topological polar surface area (TPSA) is 75.2 Å². The average molecular weight is 429 g/mol. The van der Waals surface area contributed by atoms with Crippen LogP contribution in [0.1, 0.15) is 12.6 Å². The molecule has 148 valence electrons. The fourth-order valence-corrected chi connectivity index (χ4v) is 3.63. The largest absolute Gasteiger partial charge is 0.321 e. The van der Waals surface area contributed by atoms with Gasteiger partial charge < -0.3 is 5.32 Å². The summed E-state index contributed by atoms with van der Waals surface area (Å²) in [5, 5.41) is 5.57. The van der Waals surface area contributed by atoms with Crippen molar-refractivity contribution < 1.29 is 14.0 Å². The van der Waals surface area contributed by atoms with Crippen molar-refractivity contribution in [2.45, 2.75) is 11.9 Å². The predicted octanol–water partition coefficient (Wildman–Crippen LogP) is 4.74. The third-order valence-electron chi connectivity index (χ3n) is 3.73. The Balaban J connectivity index is 1.72. The third kappa shape index (κ3) is 5.27. The molecule has 0 saturated heterocycles. The van der Waals surface area contributed by atoms with Gasteiger partial charge in [0.15, 0.2) is 5.13 Å². The number of anilines is 3. The zero-order chi connectivity index (χ0) is 20.8. The second-order valence-corrected chi connectivity index (χ2v) is 7.44. The monoisotopic (exact) mass is 428 g/mol. The summed E-state index contributed by atoms with van der Waals surface area (Å²) in [5.41, 5.74) is 1.20. The molecule has 0 saturated carbocycles. The minimum atomic E-state index is -0.518. The van der Waals surface area contributed by atoms with Gasteiger partial charge in [-0.3, -0.25) is 14.5 Å². The van der Waals surface area contributed by atoms with Crippen molar-refractivity contribution in [3.05, 3.63) is 65.6 Å². The molecule has 2 aromatic heterocycles. The molecule has 0 aliphatic carbocycles. The predicted molar refractivity (Wildman–Crippen MR) is 115 cm³/mol. The highest BCUT2D eigenvalue weighted by atomic mass is 32.2. The van der Waals surface area contributed by atoms with Crippen LogP contribution >= 0.6 is 23.1 Å². The minimum Gasteiger partial charge on any atom is -0.321 e. The molecular formula is C20H17FN4O2S2. The maximum atomic E-state index is 14.1. The van der Waals surface area contributed by atoms with E-state index in [1.54, 1.807) is 29.8 Å². The third-order valence-corrected chi connectivity index (χ3v) is 5.23. The highest BCUT2D eigenvalue weighted by molar-refractivity contribution is 7.98. The Morgan fingerprint density at radius 2 is 2.03 bits per heavy atom. The fraction of sp³-hybridized carbons (Fsp3) is 0.100. The fourth-order valence-electron chi connectivity index (χ4n) is 2.42. The van der Waals surface area contributed by atoms with Crippen LogP contribution in [0.4, 0.5) is 20.9 Å². The lowest BCUT2D eigenvalue weighted by molar-refractivity contribution is -0.116. The Bertz CT molecular complexity index is 1050. The van der Waals surface area contributed by atoms with Gasteiger partial charge in [0, 0.05) is 18.4 Å². The molecule has 3 rings (SSSR count). The zero-order valence-electron chi connectivity index (χ0n) is 15.6. The Labute approximate surface area is 175 Å². The molecule has 0 radical (unpaired) electrons. The first-order chi connectivity index (χ1) is 14.0. The molecule has 2 heterocycles. The van der Waals surface area contributed by atoms with E-state index in [0.29, 0.717) is 16.5 Å². The van der Waals surface area contributed by atoms with Gasteiger partial charge in [-0.05, 0) is 36.6 Å². The molecule has 1 aromatic carbocycles. The first kappa shape index (κ1) is 20.7. The number of amides is 2. The van der Waals surface area contributed by atoms with Crippen LogP contribution < -0.4 is 10.2 Å². The molecule has 0 atom stereocenters. The van der Waals surface area contributed by atoms with Crippen molar-refractivity contribution in [2.24, 2.45) is 0 Å². The number of hydrogen-bond acceptors (Lipinski definition) is 6. The number of nitrogens with zero attached hydrogens (tertiary/aromatic N) is 3. The quantitative estimate of drug-likeness (QED) is 0.454. The molecule has 0 aliphatic heterocycles. The summed E-state index contributed by atoms with van der Waals surface area (Å²) >= 11 is 2.69. The number of pyridine rings is 1. The second kappa shape index (κ2) is 9.44.